The molecule has 0 bridgehead atoms. The largest absolute Gasteiger partial charge is 0.352 e. The van der Waals surface area contributed by atoms with Crippen molar-refractivity contribution in [3.05, 3.63) is 34.9 Å². The first kappa shape index (κ1) is 17.4. The lowest BCUT2D eigenvalue weighted by atomic mass is 9.99. The van der Waals surface area contributed by atoms with Crippen LogP contribution in [-0.4, -0.2) is 49.3 Å². The Hall–Kier alpha value is -1.92. The molecule has 0 aromatic heterocycles. The first-order valence-corrected chi connectivity index (χ1v) is 7.53. The Kier molecular flexibility index (Phi) is 5.38. The molecule has 1 saturated heterocycles. The molecule has 1 aromatic carbocycles. The van der Waals surface area contributed by atoms with Crippen molar-refractivity contribution < 1.29 is 14.4 Å². The van der Waals surface area contributed by atoms with Gasteiger partial charge in [-0.3, -0.25) is 19.3 Å². The molecule has 1 aromatic rings. The quantitative estimate of drug-likeness (QED) is 0.809. The van der Waals surface area contributed by atoms with E-state index in [9.17, 15) is 14.4 Å². The third kappa shape index (κ3) is 3.38. The van der Waals surface area contributed by atoms with Crippen molar-refractivity contribution in [1.82, 2.24) is 15.5 Å². The summed E-state index contributed by atoms with van der Waals surface area (Å²) in [4.78, 5) is 37.1. The summed E-state index contributed by atoms with van der Waals surface area (Å²) >= 11 is 0. The summed E-state index contributed by atoms with van der Waals surface area (Å²) in [5, 5.41) is 6.22. The predicted octanol–water partition coefficient (Wildman–Crippen LogP) is 1.06. The first-order chi connectivity index (χ1) is 10.6. The molecule has 23 heavy (non-hydrogen) atoms. The van der Waals surface area contributed by atoms with E-state index in [0.29, 0.717) is 29.2 Å². The molecule has 0 spiro atoms. The molecule has 0 aliphatic carbocycles. The summed E-state index contributed by atoms with van der Waals surface area (Å²) < 4.78 is 0. The van der Waals surface area contributed by atoms with E-state index in [2.05, 4.69) is 10.6 Å². The molecule has 2 aliphatic rings. The van der Waals surface area contributed by atoms with Crippen LogP contribution in [0, 0.1) is 5.92 Å². The Labute approximate surface area is 141 Å². The van der Waals surface area contributed by atoms with Gasteiger partial charge >= 0.3 is 0 Å². The highest BCUT2D eigenvalue weighted by molar-refractivity contribution is 6.21. The molecule has 2 heterocycles. The van der Waals surface area contributed by atoms with Crippen LogP contribution in [0.3, 0.4) is 0 Å². The van der Waals surface area contributed by atoms with Crippen molar-refractivity contribution in [3.63, 3.8) is 0 Å². The van der Waals surface area contributed by atoms with Crippen molar-refractivity contribution in [1.29, 1.82) is 0 Å². The summed E-state index contributed by atoms with van der Waals surface area (Å²) in [5.74, 6) is -0.434. The lowest BCUT2D eigenvalue weighted by Crippen LogP contribution is -2.38. The average molecular weight is 338 g/mol. The molecule has 0 radical (unpaired) electrons. The SMILES string of the molecule is CN1C(=O)c2ccc(C(=O)NCC3CCCNC3)cc2C1=O.Cl. The van der Waals surface area contributed by atoms with E-state index in [4.69, 9.17) is 0 Å². The normalized spacial score (nSPS) is 20.0. The minimum absolute atomic E-state index is 0. The molecule has 7 heteroatoms. The highest BCUT2D eigenvalue weighted by Gasteiger charge is 2.33. The number of carbonyl (C=O) groups is 3. The smallest absolute Gasteiger partial charge is 0.261 e. The highest BCUT2D eigenvalue weighted by atomic mass is 35.5. The van der Waals surface area contributed by atoms with Gasteiger partial charge in [-0.25, -0.2) is 0 Å². The van der Waals surface area contributed by atoms with Crippen LogP contribution >= 0.6 is 12.4 Å². The number of carbonyl (C=O) groups excluding carboxylic acids is 3. The number of hydrogen-bond donors (Lipinski definition) is 2. The van der Waals surface area contributed by atoms with Gasteiger partial charge in [0, 0.05) is 19.2 Å². The maximum absolute atomic E-state index is 12.2. The van der Waals surface area contributed by atoms with Crippen molar-refractivity contribution >= 4 is 30.1 Å². The Morgan fingerprint density at radius 3 is 2.74 bits per heavy atom. The third-order valence-corrected chi connectivity index (χ3v) is 4.30. The third-order valence-electron chi connectivity index (χ3n) is 4.30. The van der Waals surface area contributed by atoms with Gasteiger partial charge in [0.25, 0.3) is 17.7 Å². The van der Waals surface area contributed by atoms with Crippen molar-refractivity contribution in [3.8, 4) is 0 Å². The number of fused-ring (bicyclic) bond motifs is 1. The summed E-state index contributed by atoms with van der Waals surface area (Å²) in [6.45, 7) is 2.58. The molecule has 3 rings (SSSR count). The lowest BCUT2D eigenvalue weighted by Gasteiger charge is -2.22. The second-order valence-electron chi connectivity index (χ2n) is 5.85. The molecule has 1 unspecified atom stereocenters. The van der Waals surface area contributed by atoms with Crippen LogP contribution in [0.25, 0.3) is 0 Å². The van der Waals surface area contributed by atoms with E-state index in [0.717, 1.165) is 30.8 Å². The van der Waals surface area contributed by atoms with E-state index in [1.54, 1.807) is 12.1 Å². The zero-order chi connectivity index (χ0) is 15.7. The number of rotatable bonds is 3. The zero-order valence-electron chi connectivity index (χ0n) is 12.9. The molecule has 1 atom stereocenters. The molecule has 0 saturated carbocycles. The Morgan fingerprint density at radius 2 is 2.04 bits per heavy atom. The number of imide groups is 1. The van der Waals surface area contributed by atoms with Gasteiger partial charge in [-0.15, -0.1) is 12.4 Å². The number of amides is 3. The summed E-state index contributed by atoms with van der Waals surface area (Å²) in [6.07, 6.45) is 2.23. The monoisotopic (exact) mass is 337 g/mol. The summed E-state index contributed by atoms with van der Waals surface area (Å²) in [7, 11) is 1.44. The van der Waals surface area contributed by atoms with Crippen LogP contribution in [0.1, 0.15) is 43.9 Å². The Bertz CT molecular complexity index is 641. The van der Waals surface area contributed by atoms with Crippen molar-refractivity contribution in [2.45, 2.75) is 12.8 Å². The molecule has 3 amide bonds. The number of nitrogens with zero attached hydrogens (tertiary/aromatic N) is 1. The number of nitrogens with one attached hydrogen (secondary N) is 2. The van der Waals surface area contributed by atoms with Crippen LogP contribution in [0.5, 0.6) is 0 Å². The first-order valence-electron chi connectivity index (χ1n) is 7.53. The second-order valence-corrected chi connectivity index (χ2v) is 5.85. The molecule has 124 valence electrons. The highest BCUT2D eigenvalue weighted by Crippen LogP contribution is 2.22. The molecule has 2 aliphatic heterocycles. The fraction of sp³-hybridized carbons (Fsp3) is 0.438. The summed E-state index contributed by atoms with van der Waals surface area (Å²) in [6, 6.07) is 4.65. The van der Waals surface area contributed by atoms with Gasteiger partial charge in [-0.05, 0) is 50.0 Å². The number of hydrogen-bond acceptors (Lipinski definition) is 4. The molecule has 6 nitrogen and oxygen atoms in total. The van der Waals surface area contributed by atoms with Crippen LogP contribution < -0.4 is 10.6 Å². The molecule has 1 fully saturated rings. The van der Waals surface area contributed by atoms with Gasteiger partial charge in [-0.2, -0.15) is 0 Å². The Morgan fingerprint density at radius 1 is 1.30 bits per heavy atom. The van der Waals surface area contributed by atoms with Crippen LogP contribution in [0.15, 0.2) is 18.2 Å². The summed E-state index contributed by atoms with van der Waals surface area (Å²) in [5.41, 5.74) is 1.08. The zero-order valence-corrected chi connectivity index (χ0v) is 13.7. The topological polar surface area (TPSA) is 78.5 Å². The van der Waals surface area contributed by atoms with E-state index in [-0.39, 0.29) is 30.1 Å². The van der Waals surface area contributed by atoms with E-state index < -0.39 is 0 Å². The van der Waals surface area contributed by atoms with Gasteiger partial charge in [0.05, 0.1) is 11.1 Å². The van der Waals surface area contributed by atoms with Gasteiger partial charge in [0.2, 0.25) is 0 Å². The van der Waals surface area contributed by atoms with E-state index in [1.165, 1.54) is 13.1 Å². The lowest BCUT2D eigenvalue weighted by molar-refractivity contribution is 0.0693. The van der Waals surface area contributed by atoms with Crippen molar-refractivity contribution in [2.75, 3.05) is 26.7 Å². The minimum Gasteiger partial charge on any atom is -0.352 e. The number of halogens is 1. The van der Waals surface area contributed by atoms with Crippen LogP contribution in [0.2, 0.25) is 0 Å². The Balaban J connectivity index is 0.00000192. The van der Waals surface area contributed by atoms with E-state index >= 15 is 0 Å². The standard InChI is InChI=1S/C16H19N3O3.ClH/c1-19-15(21)12-5-4-11(7-13(12)16(19)22)14(20)18-9-10-3-2-6-17-8-10;/h4-5,7,10,17H,2-3,6,8-9H2,1H3,(H,18,20);1H. The fourth-order valence-corrected chi connectivity index (χ4v) is 2.94. The van der Waals surface area contributed by atoms with E-state index in [1.807, 2.05) is 0 Å². The van der Waals surface area contributed by atoms with Gasteiger partial charge < -0.3 is 10.6 Å². The average Bonchev–Trinajstić information content (AvgIpc) is 2.78. The van der Waals surface area contributed by atoms with Crippen LogP contribution in [-0.2, 0) is 0 Å². The number of benzene rings is 1. The maximum Gasteiger partial charge on any atom is 0.261 e. The minimum atomic E-state index is -0.355. The molecular weight excluding hydrogens is 318 g/mol. The van der Waals surface area contributed by atoms with Crippen LogP contribution in [0.4, 0.5) is 0 Å². The second kappa shape index (κ2) is 7.10. The van der Waals surface area contributed by atoms with Gasteiger partial charge in [-0.1, -0.05) is 0 Å². The predicted molar refractivity (Wildman–Crippen MR) is 88.0 cm³/mol. The number of piperidine rings is 1. The van der Waals surface area contributed by atoms with Gasteiger partial charge in [0.1, 0.15) is 0 Å². The maximum atomic E-state index is 12.2. The van der Waals surface area contributed by atoms with Gasteiger partial charge in [0.15, 0.2) is 0 Å². The van der Waals surface area contributed by atoms with Crippen molar-refractivity contribution in [2.24, 2.45) is 5.92 Å². The molecular formula is C16H20ClN3O3. The fourth-order valence-electron chi connectivity index (χ4n) is 2.94. The molecule has 2 N–H and O–H groups in total.